The molecule has 0 amide bonds. The first-order chi connectivity index (χ1) is 8.68. The average Bonchev–Trinajstić information content (AvgIpc) is 2.79. The van der Waals surface area contributed by atoms with Gasteiger partial charge in [0.25, 0.3) is 0 Å². The Bertz CT molecular complexity index is 534. The summed E-state index contributed by atoms with van der Waals surface area (Å²) in [6.07, 6.45) is -1.71. The van der Waals surface area contributed by atoms with E-state index in [1.54, 1.807) is 6.07 Å². The lowest BCUT2D eigenvalue weighted by Gasteiger charge is -2.22. The number of nitrogens with zero attached hydrogens (tertiary/aromatic N) is 3. The number of alkyl halides is 3. The lowest BCUT2D eigenvalue weighted by molar-refractivity contribution is -0.137. The van der Waals surface area contributed by atoms with E-state index in [0.29, 0.717) is 11.3 Å². The van der Waals surface area contributed by atoms with Crippen LogP contribution in [-0.4, -0.2) is 14.8 Å². The van der Waals surface area contributed by atoms with E-state index in [4.69, 9.17) is 0 Å². The minimum atomic E-state index is -4.38. The summed E-state index contributed by atoms with van der Waals surface area (Å²) in [5, 5.41) is 3.87. The lowest BCUT2D eigenvalue weighted by atomic mass is 9.85. The minimum Gasteiger partial charge on any atom is -0.223 e. The third-order valence-corrected chi connectivity index (χ3v) is 2.79. The summed E-state index contributed by atoms with van der Waals surface area (Å²) in [6.45, 7) is 5.61. The number of hydrogen-bond donors (Lipinski definition) is 0. The Hall–Kier alpha value is -1.85. The van der Waals surface area contributed by atoms with Gasteiger partial charge in [0, 0.05) is 0 Å². The average molecular weight is 269 g/mol. The van der Waals surface area contributed by atoms with E-state index < -0.39 is 11.7 Å². The molecule has 0 N–H and O–H groups in total. The molecule has 0 saturated carbocycles. The summed E-state index contributed by atoms with van der Waals surface area (Å²) in [5.74, 6) is 0. The van der Waals surface area contributed by atoms with Crippen LogP contribution in [0.1, 0.15) is 31.9 Å². The lowest BCUT2D eigenvalue weighted by Crippen LogP contribution is -2.15. The number of hydrogen-bond acceptors (Lipinski definition) is 2. The van der Waals surface area contributed by atoms with Gasteiger partial charge >= 0.3 is 6.18 Å². The molecule has 0 atom stereocenters. The molecule has 0 radical (unpaired) electrons. The molecule has 0 unspecified atom stereocenters. The largest absolute Gasteiger partial charge is 0.416 e. The Kier molecular flexibility index (Phi) is 3.12. The molecule has 19 heavy (non-hydrogen) atoms. The standard InChI is InChI=1S/C13H14F3N3/c1-12(2,3)9-4-10(13(14,15)16)6-11(5-9)19-8-17-7-18-19/h4-8H,1-3H3. The number of halogens is 3. The minimum absolute atomic E-state index is 0.359. The van der Waals surface area contributed by atoms with Gasteiger partial charge in [-0.15, -0.1) is 0 Å². The maximum atomic E-state index is 12.9. The van der Waals surface area contributed by atoms with Gasteiger partial charge in [-0.1, -0.05) is 20.8 Å². The van der Waals surface area contributed by atoms with Crippen LogP contribution in [0.5, 0.6) is 0 Å². The molecule has 0 aliphatic rings. The van der Waals surface area contributed by atoms with E-state index >= 15 is 0 Å². The van der Waals surface area contributed by atoms with Crippen LogP contribution in [0, 0.1) is 0 Å². The normalized spacial score (nSPS) is 12.7. The maximum absolute atomic E-state index is 12.9. The van der Waals surface area contributed by atoms with Gasteiger partial charge in [0.2, 0.25) is 0 Å². The summed E-state index contributed by atoms with van der Waals surface area (Å²) in [7, 11) is 0. The van der Waals surface area contributed by atoms with E-state index in [1.807, 2.05) is 20.8 Å². The van der Waals surface area contributed by atoms with Crippen molar-refractivity contribution < 1.29 is 13.2 Å². The smallest absolute Gasteiger partial charge is 0.223 e. The van der Waals surface area contributed by atoms with Crippen molar-refractivity contribution in [2.24, 2.45) is 0 Å². The van der Waals surface area contributed by atoms with Gasteiger partial charge < -0.3 is 0 Å². The quantitative estimate of drug-likeness (QED) is 0.792. The van der Waals surface area contributed by atoms with E-state index in [1.165, 1.54) is 23.4 Å². The molecule has 0 fully saturated rings. The fourth-order valence-corrected chi connectivity index (χ4v) is 1.68. The molecule has 0 aliphatic carbocycles. The summed E-state index contributed by atoms with van der Waals surface area (Å²) >= 11 is 0. The fourth-order valence-electron chi connectivity index (χ4n) is 1.68. The Balaban J connectivity index is 2.62. The highest BCUT2D eigenvalue weighted by molar-refractivity contribution is 5.43. The second-order valence-electron chi connectivity index (χ2n) is 5.36. The van der Waals surface area contributed by atoms with Crippen molar-refractivity contribution in [3.8, 4) is 5.69 Å². The first-order valence-corrected chi connectivity index (χ1v) is 5.76. The van der Waals surface area contributed by atoms with Crippen molar-refractivity contribution in [2.75, 3.05) is 0 Å². The van der Waals surface area contributed by atoms with E-state index in [-0.39, 0.29) is 5.41 Å². The van der Waals surface area contributed by atoms with Crippen LogP contribution in [-0.2, 0) is 11.6 Å². The highest BCUT2D eigenvalue weighted by atomic mass is 19.4. The summed E-state index contributed by atoms with van der Waals surface area (Å²) in [6, 6.07) is 3.95. The molecule has 3 nitrogen and oxygen atoms in total. The van der Waals surface area contributed by atoms with Crippen LogP contribution in [0.25, 0.3) is 5.69 Å². The first-order valence-electron chi connectivity index (χ1n) is 5.76. The number of aromatic nitrogens is 3. The molecule has 6 heteroatoms. The zero-order valence-electron chi connectivity index (χ0n) is 10.9. The van der Waals surface area contributed by atoms with Gasteiger partial charge in [0.15, 0.2) is 0 Å². The third-order valence-electron chi connectivity index (χ3n) is 2.79. The highest BCUT2D eigenvalue weighted by Gasteiger charge is 2.32. The fraction of sp³-hybridized carbons (Fsp3) is 0.385. The van der Waals surface area contributed by atoms with Gasteiger partial charge in [-0.05, 0) is 29.2 Å². The molecule has 1 heterocycles. The SMILES string of the molecule is CC(C)(C)c1cc(-n2cncn2)cc(C(F)(F)F)c1. The molecule has 0 saturated heterocycles. The van der Waals surface area contributed by atoms with Crippen LogP contribution in [0.2, 0.25) is 0 Å². The third kappa shape index (κ3) is 2.94. The Morgan fingerprint density at radius 2 is 1.63 bits per heavy atom. The van der Waals surface area contributed by atoms with Crippen molar-refractivity contribution in [1.29, 1.82) is 0 Å². The van der Waals surface area contributed by atoms with E-state index in [9.17, 15) is 13.2 Å². The van der Waals surface area contributed by atoms with Crippen molar-refractivity contribution >= 4 is 0 Å². The molecule has 1 aromatic carbocycles. The highest BCUT2D eigenvalue weighted by Crippen LogP contribution is 2.34. The molecule has 2 rings (SSSR count). The van der Waals surface area contributed by atoms with E-state index in [0.717, 1.165) is 6.07 Å². The zero-order chi connectivity index (χ0) is 14.3. The van der Waals surface area contributed by atoms with Crippen LogP contribution >= 0.6 is 0 Å². The Labute approximate surface area is 109 Å². The van der Waals surface area contributed by atoms with Crippen LogP contribution in [0.4, 0.5) is 13.2 Å². The molecular formula is C13H14F3N3. The molecule has 0 aliphatic heterocycles. The molecule has 102 valence electrons. The molecule has 2 aromatic rings. The summed E-state index contributed by atoms with van der Waals surface area (Å²) < 4.78 is 40.1. The summed E-state index contributed by atoms with van der Waals surface area (Å²) in [5.41, 5.74) is -0.0909. The van der Waals surface area contributed by atoms with Crippen molar-refractivity contribution in [3.05, 3.63) is 42.0 Å². The maximum Gasteiger partial charge on any atom is 0.416 e. The number of rotatable bonds is 1. The van der Waals surface area contributed by atoms with Gasteiger partial charge in [0.05, 0.1) is 11.3 Å². The van der Waals surface area contributed by atoms with Crippen molar-refractivity contribution in [1.82, 2.24) is 14.8 Å². The molecule has 1 aromatic heterocycles. The van der Waals surface area contributed by atoms with Crippen LogP contribution < -0.4 is 0 Å². The molecule has 0 spiro atoms. The summed E-state index contributed by atoms with van der Waals surface area (Å²) in [4.78, 5) is 3.75. The Morgan fingerprint density at radius 1 is 1.00 bits per heavy atom. The van der Waals surface area contributed by atoms with Crippen LogP contribution in [0.15, 0.2) is 30.9 Å². The molecular weight excluding hydrogens is 255 g/mol. The van der Waals surface area contributed by atoms with Gasteiger partial charge in [-0.3, -0.25) is 0 Å². The predicted octanol–water partition coefficient (Wildman–Crippen LogP) is 3.58. The van der Waals surface area contributed by atoms with E-state index in [2.05, 4.69) is 10.1 Å². The molecule has 0 bridgehead atoms. The van der Waals surface area contributed by atoms with Crippen molar-refractivity contribution in [2.45, 2.75) is 32.4 Å². The first kappa shape index (κ1) is 13.6. The monoisotopic (exact) mass is 269 g/mol. The van der Waals surface area contributed by atoms with Gasteiger partial charge in [-0.2, -0.15) is 18.3 Å². The number of benzene rings is 1. The van der Waals surface area contributed by atoms with Crippen molar-refractivity contribution in [3.63, 3.8) is 0 Å². The second kappa shape index (κ2) is 4.36. The predicted molar refractivity (Wildman–Crippen MR) is 65.1 cm³/mol. The van der Waals surface area contributed by atoms with Gasteiger partial charge in [-0.25, -0.2) is 9.67 Å². The topological polar surface area (TPSA) is 30.7 Å². The zero-order valence-corrected chi connectivity index (χ0v) is 10.9. The second-order valence-corrected chi connectivity index (χ2v) is 5.36. The Morgan fingerprint density at radius 3 is 2.11 bits per heavy atom. The van der Waals surface area contributed by atoms with Crippen LogP contribution in [0.3, 0.4) is 0 Å². The van der Waals surface area contributed by atoms with Gasteiger partial charge in [0.1, 0.15) is 12.7 Å².